The minimum atomic E-state index is -0.804. The maximum absolute atomic E-state index is 11.3. The van der Waals surface area contributed by atoms with Crippen molar-refractivity contribution in [1.82, 2.24) is 0 Å². The zero-order valence-electron chi connectivity index (χ0n) is 8.32. The molecule has 2 atom stereocenters. The SMILES string of the molecule is COC(=O)C1CCCOC1C(=O)OC. The van der Waals surface area contributed by atoms with Gasteiger partial charge in [0.25, 0.3) is 0 Å². The molecule has 1 aliphatic rings. The number of esters is 2. The first-order chi connectivity index (χ1) is 6.70. The Kier molecular flexibility index (Phi) is 3.88. The fourth-order valence-corrected chi connectivity index (χ4v) is 1.52. The lowest BCUT2D eigenvalue weighted by Gasteiger charge is -2.27. The van der Waals surface area contributed by atoms with E-state index in [0.717, 1.165) is 6.42 Å². The van der Waals surface area contributed by atoms with Gasteiger partial charge in [0.05, 0.1) is 20.1 Å². The summed E-state index contributed by atoms with van der Waals surface area (Å²) < 4.78 is 14.3. The minimum absolute atomic E-state index is 0.417. The van der Waals surface area contributed by atoms with E-state index in [9.17, 15) is 9.59 Å². The molecule has 0 N–H and O–H groups in total. The molecule has 1 saturated heterocycles. The fraction of sp³-hybridized carbons (Fsp3) is 0.778. The first-order valence-electron chi connectivity index (χ1n) is 4.48. The van der Waals surface area contributed by atoms with Crippen LogP contribution in [-0.4, -0.2) is 38.9 Å². The van der Waals surface area contributed by atoms with Gasteiger partial charge < -0.3 is 14.2 Å². The summed E-state index contributed by atoms with van der Waals surface area (Å²) in [6.07, 6.45) is 0.556. The Morgan fingerprint density at radius 2 is 1.86 bits per heavy atom. The van der Waals surface area contributed by atoms with Gasteiger partial charge in [-0.1, -0.05) is 0 Å². The summed E-state index contributed by atoms with van der Waals surface area (Å²) in [5.41, 5.74) is 0. The molecule has 0 aliphatic carbocycles. The third-order valence-corrected chi connectivity index (χ3v) is 2.26. The Bertz CT molecular complexity index is 201. The predicted octanol–water partition coefficient (Wildman–Crippen LogP) is 0.128. The van der Waals surface area contributed by atoms with Crippen LogP contribution in [0.4, 0.5) is 0 Å². The quantitative estimate of drug-likeness (QED) is 0.595. The Morgan fingerprint density at radius 3 is 2.43 bits per heavy atom. The smallest absolute Gasteiger partial charge is 0.335 e. The number of hydrogen-bond acceptors (Lipinski definition) is 5. The number of hydrogen-bond donors (Lipinski definition) is 0. The molecule has 1 rings (SSSR count). The fourth-order valence-electron chi connectivity index (χ4n) is 1.52. The average Bonchev–Trinajstić information content (AvgIpc) is 2.27. The van der Waals surface area contributed by atoms with E-state index in [0.29, 0.717) is 13.0 Å². The normalized spacial score (nSPS) is 26.7. The summed E-state index contributed by atoms with van der Waals surface area (Å²) in [4.78, 5) is 22.5. The molecule has 1 fully saturated rings. The van der Waals surface area contributed by atoms with Crippen LogP contribution in [0.25, 0.3) is 0 Å². The van der Waals surface area contributed by atoms with E-state index < -0.39 is 24.0 Å². The lowest BCUT2D eigenvalue weighted by molar-refractivity contribution is -0.172. The highest BCUT2D eigenvalue weighted by Crippen LogP contribution is 2.22. The molecule has 5 nitrogen and oxygen atoms in total. The molecule has 5 heteroatoms. The predicted molar refractivity (Wildman–Crippen MR) is 46.5 cm³/mol. The van der Waals surface area contributed by atoms with E-state index >= 15 is 0 Å². The molecular formula is C9H14O5. The molecule has 0 saturated carbocycles. The molecule has 0 aromatic rings. The maximum Gasteiger partial charge on any atom is 0.335 e. The number of carbonyl (C=O) groups excluding carboxylic acids is 2. The van der Waals surface area contributed by atoms with Gasteiger partial charge in [-0.3, -0.25) is 4.79 Å². The topological polar surface area (TPSA) is 61.8 Å². The lowest BCUT2D eigenvalue weighted by atomic mass is 9.94. The molecule has 0 amide bonds. The maximum atomic E-state index is 11.3. The van der Waals surface area contributed by atoms with Gasteiger partial charge in [0.2, 0.25) is 0 Å². The standard InChI is InChI=1S/C9H14O5/c1-12-8(10)6-4-3-5-14-7(6)9(11)13-2/h6-7H,3-5H2,1-2H3. The average molecular weight is 202 g/mol. The van der Waals surface area contributed by atoms with Crippen LogP contribution in [0.1, 0.15) is 12.8 Å². The van der Waals surface area contributed by atoms with Gasteiger partial charge in [-0.15, -0.1) is 0 Å². The molecule has 0 spiro atoms. The molecule has 0 bridgehead atoms. The van der Waals surface area contributed by atoms with Crippen molar-refractivity contribution in [2.45, 2.75) is 18.9 Å². The van der Waals surface area contributed by atoms with Crippen molar-refractivity contribution in [3.63, 3.8) is 0 Å². The number of methoxy groups -OCH3 is 2. The number of carbonyl (C=O) groups is 2. The first kappa shape index (κ1) is 11.0. The van der Waals surface area contributed by atoms with Gasteiger partial charge >= 0.3 is 11.9 Å². The molecule has 1 aliphatic heterocycles. The summed E-state index contributed by atoms with van der Waals surface area (Å²) in [7, 11) is 2.57. The van der Waals surface area contributed by atoms with Crippen LogP contribution in [0, 0.1) is 5.92 Å². The van der Waals surface area contributed by atoms with Crippen LogP contribution >= 0.6 is 0 Å². The van der Waals surface area contributed by atoms with E-state index in [1.165, 1.54) is 14.2 Å². The zero-order valence-corrected chi connectivity index (χ0v) is 8.32. The van der Waals surface area contributed by atoms with Crippen molar-refractivity contribution in [2.75, 3.05) is 20.8 Å². The van der Waals surface area contributed by atoms with Crippen LogP contribution in [-0.2, 0) is 23.8 Å². The van der Waals surface area contributed by atoms with E-state index in [1.54, 1.807) is 0 Å². The second kappa shape index (κ2) is 4.95. The van der Waals surface area contributed by atoms with Gasteiger partial charge in [-0.25, -0.2) is 4.79 Å². The Morgan fingerprint density at radius 1 is 1.21 bits per heavy atom. The van der Waals surface area contributed by atoms with Crippen LogP contribution < -0.4 is 0 Å². The van der Waals surface area contributed by atoms with Crippen molar-refractivity contribution in [3.8, 4) is 0 Å². The molecule has 0 aromatic heterocycles. The van der Waals surface area contributed by atoms with Crippen molar-refractivity contribution >= 4 is 11.9 Å². The Labute approximate surface area is 82.3 Å². The van der Waals surface area contributed by atoms with Crippen molar-refractivity contribution in [3.05, 3.63) is 0 Å². The summed E-state index contributed by atoms with van der Waals surface area (Å²) in [6.45, 7) is 0.479. The van der Waals surface area contributed by atoms with Crippen LogP contribution in [0.5, 0.6) is 0 Å². The monoisotopic (exact) mass is 202 g/mol. The summed E-state index contributed by atoms with van der Waals surface area (Å²) >= 11 is 0. The molecule has 2 unspecified atom stereocenters. The van der Waals surface area contributed by atoms with Gasteiger partial charge in [0.15, 0.2) is 6.10 Å². The van der Waals surface area contributed by atoms with Gasteiger partial charge in [-0.2, -0.15) is 0 Å². The van der Waals surface area contributed by atoms with Crippen LogP contribution in [0.15, 0.2) is 0 Å². The van der Waals surface area contributed by atoms with E-state index in [1.807, 2.05) is 0 Å². The molecule has 1 heterocycles. The second-order valence-electron chi connectivity index (χ2n) is 3.09. The highest BCUT2D eigenvalue weighted by molar-refractivity contribution is 5.83. The van der Waals surface area contributed by atoms with Gasteiger partial charge in [-0.05, 0) is 12.8 Å². The first-order valence-corrected chi connectivity index (χ1v) is 4.48. The van der Waals surface area contributed by atoms with Crippen LogP contribution in [0.3, 0.4) is 0 Å². The molecular weight excluding hydrogens is 188 g/mol. The second-order valence-corrected chi connectivity index (χ2v) is 3.09. The molecule has 0 radical (unpaired) electrons. The summed E-state index contributed by atoms with van der Waals surface area (Å²) in [6, 6.07) is 0. The van der Waals surface area contributed by atoms with Gasteiger partial charge in [0.1, 0.15) is 0 Å². The molecule has 0 aromatic carbocycles. The van der Waals surface area contributed by atoms with Crippen molar-refractivity contribution < 1.29 is 23.8 Å². The summed E-state index contributed by atoms with van der Waals surface area (Å²) in [5.74, 6) is -1.46. The largest absolute Gasteiger partial charge is 0.469 e. The number of ether oxygens (including phenoxy) is 3. The van der Waals surface area contributed by atoms with E-state index in [-0.39, 0.29) is 0 Å². The molecule has 80 valence electrons. The molecule has 14 heavy (non-hydrogen) atoms. The Hall–Kier alpha value is -1.10. The third-order valence-electron chi connectivity index (χ3n) is 2.26. The summed E-state index contributed by atoms with van der Waals surface area (Å²) in [5, 5.41) is 0. The van der Waals surface area contributed by atoms with Gasteiger partial charge in [0, 0.05) is 6.61 Å². The van der Waals surface area contributed by atoms with Crippen molar-refractivity contribution in [2.24, 2.45) is 5.92 Å². The highest BCUT2D eigenvalue weighted by Gasteiger charge is 2.38. The van der Waals surface area contributed by atoms with Crippen molar-refractivity contribution in [1.29, 1.82) is 0 Å². The Balaban J connectivity index is 2.68. The minimum Gasteiger partial charge on any atom is -0.469 e. The number of rotatable bonds is 2. The lowest BCUT2D eigenvalue weighted by Crippen LogP contribution is -2.41. The highest BCUT2D eigenvalue weighted by atomic mass is 16.6. The zero-order chi connectivity index (χ0) is 10.6. The van der Waals surface area contributed by atoms with E-state index in [4.69, 9.17) is 4.74 Å². The van der Waals surface area contributed by atoms with E-state index in [2.05, 4.69) is 9.47 Å². The van der Waals surface area contributed by atoms with Crippen LogP contribution in [0.2, 0.25) is 0 Å². The third kappa shape index (κ3) is 2.23.